The Labute approximate surface area is 152 Å². The molecule has 0 spiro atoms. The van der Waals surface area contributed by atoms with Gasteiger partial charge in [0.15, 0.2) is 0 Å². The van der Waals surface area contributed by atoms with E-state index in [9.17, 15) is 4.79 Å². The molecule has 1 aliphatic heterocycles. The summed E-state index contributed by atoms with van der Waals surface area (Å²) in [5.74, 6) is 0.00176. The summed E-state index contributed by atoms with van der Waals surface area (Å²) in [7, 11) is 0. The van der Waals surface area contributed by atoms with Gasteiger partial charge in [-0.1, -0.05) is 42.0 Å². The summed E-state index contributed by atoms with van der Waals surface area (Å²) in [6, 6.07) is 11.7. The fraction of sp³-hybridized carbons (Fsp3) is 0.333. The molecule has 1 aromatic carbocycles. The van der Waals surface area contributed by atoms with Gasteiger partial charge in [-0.25, -0.2) is 0 Å². The molecule has 0 bridgehead atoms. The molecule has 24 heavy (non-hydrogen) atoms. The molecule has 0 aliphatic carbocycles. The van der Waals surface area contributed by atoms with E-state index in [1.54, 1.807) is 18.3 Å². The minimum atomic E-state index is 0.00176. The Morgan fingerprint density at radius 3 is 2.54 bits per heavy atom. The number of aromatic nitrogens is 1. The normalized spacial score (nSPS) is 16.8. The topological polar surface area (TPSA) is 39.3 Å². The third-order valence-electron chi connectivity index (χ3n) is 4.55. The lowest BCUT2D eigenvalue weighted by atomic mass is 10.1. The molecule has 2 heterocycles. The van der Waals surface area contributed by atoms with Crippen LogP contribution in [0.25, 0.3) is 0 Å². The van der Waals surface area contributed by atoms with Crippen LogP contribution < -0.4 is 0 Å². The molecule has 0 unspecified atom stereocenters. The number of rotatable bonds is 3. The van der Waals surface area contributed by atoms with Gasteiger partial charge in [-0.05, 0) is 30.7 Å². The van der Waals surface area contributed by atoms with E-state index < -0.39 is 0 Å². The van der Waals surface area contributed by atoms with Gasteiger partial charge in [-0.3, -0.25) is 9.69 Å². The maximum absolute atomic E-state index is 12.6. The molecule has 3 rings (SSSR count). The van der Waals surface area contributed by atoms with E-state index >= 15 is 0 Å². The minimum Gasteiger partial charge on any atom is -0.352 e. The smallest absolute Gasteiger partial charge is 0.256 e. The van der Waals surface area contributed by atoms with Crippen molar-refractivity contribution in [1.29, 1.82) is 0 Å². The minimum absolute atomic E-state index is 0.00176. The monoisotopic (exact) mass is 361 g/mol. The first kappa shape index (κ1) is 17.1. The number of H-pyrrole nitrogens is 1. The van der Waals surface area contributed by atoms with Crippen molar-refractivity contribution < 1.29 is 4.79 Å². The number of piperazine rings is 1. The molecule has 1 amide bonds. The molecule has 1 N–H and O–H groups in total. The van der Waals surface area contributed by atoms with E-state index in [1.807, 2.05) is 23.1 Å². The van der Waals surface area contributed by atoms with Crippen molar-refractivity contribution in [3.63, 3.8) is 0 Å². The molecule has 1 aromatic heterocycles. The van der Waals surface area contributed by atoms with Crippen LogP contribution >= 0.6 is 23.8 Å². The number of benzene rings is 1. The third kappa shape index (κ3) is 3.53. The van der Waals surface area contributed by atoms with Gasteiger partial charge in [0.1, 0.15) is 4.64 Å². The van der Waals surface area contributed by atoms with Crippen LogP contribution in [0.15, 0.2) is 42.6 Å². The van der Waals surface area contributed by atoms with Crippen molar-refractivity contribution in [2.24, 2.45) is 0 Å². The molecular weight excluding hydrogens is 342 g/mol. The second kappa shape index (κ2) is 7.47. The highest BCUT2D eigenvalue weighted by molar-refractivity contribution is 7.71. The number of hydrogen-bond acceptors (Lipinski definition) is 3. The van der Waals surface area contributed by atoms with Gasteiger partial charge in [0.2, 0.25) is 0 Å². The van der Waals surface area contributed by atoms with Crippen LogP contribution in [0.5, 0.6) is 0 Å². The Morgan fingerprint density at radius 1 is 1.17 bits per heavy atom. The zero-order chi connectivity index (χ0) is 17.1. The summed E-state index contributed by atoms with van der Waals surface area (Å²) in [5, 5.41) is 0.791. The largest absolute Gasteiger partial charge is 0.352 e. The number of pyridine rings is 1. The van der Waals surface area contributed by atoms with Gasteiger partial charge in [0, 0.05) is 43.4 Å². The summed E-state index contributed by atoms with van der Waals surface area (Å²) >= 11 is 11.5. The molecule has 0 saturated carbocycles. The predicted octanol–water partition coefficient (Wildman–Crippen LogP) is 3.92. The molecule has 0 radical (unpaired) electrons. The Bertz CT molecular complexity index is 784. The fourth-order valence-electron chi connectivity index (χ4n) is 3.08. The lowest BCUT2D eigenvalue weighted by Gasteiger charge is -2.38. The van der Waals surface area contributed by atoms with Crippen molar-refractivity contribution in [2.45, 2.75) is 13.0 Å². The summed E-state index contributed by atoms with van der Waals surface area (Å²) in [6.45, 7) is 5.18. The van der Waals surface area contributed by atoms with Crippen LogP contribution in [-0.2, 0) is 0 Å². The van der Waals surface area contributed by atoms with E-state index in [4.69, 9.17) is 23.8 Å². The lowest BCUT2D eigenvalue weighted by molar-refractivity contribution is 0.0581. The fourth-order valence-corrected chi connectivity index (χ4v) is 3.60. The highest BCUT2D eigenvalue weighted by Crippen LogP contribution is 2.27. The van der Waals surface area contributed by atoms with E-state index in [0.29, 0.717) is 23.3 Å². The first-order valence-electron chi connectivity index (χ1n) is 8.03. The van der Waals surface area contributed by atoms with E-state index in [1.165, 1.54) is 0 Å². The van der Waals surface area contributed by atoms with Crippen molar-refractivity contribution in [2.75, 3.05) is 26.2 Å². The maximum atomic E-state index is 12.6. The quantitative estimate of drug-likeness (QED) is 0.842. The van der Waals surface area contributed by atoms with E-state index in [-0.39, 0.29) is 11.9 Å². The maximum Gasteiger partial charge on any atom is 0.256 e. The van der Waals surface area contributed by atoms with E-state index in [2.05, 4.69) is 22.9 Å². The van der Waals surface area contributed by atoms with Gasteiger partial charge in [0.25, 0.3) is 5.91 Å². The van der Waals surface area contributed by atoms with Crippen LogP contribution in [0.3, 0.4) is 0 Å². The highest BCUT2D eigenvalue weighted by Gasteiger charge is 2.26. The first-order valence-corrected chi connectivity index (χ1v) is 8.82. The summed E-state index contributed by atoms with van der Waals surface area (Å²) in [6.07, 6.45) is 1.74. The SMILES string of the molecule is C[C@@H](c1ccccc1Cl)N1CCN(C(=O)c2ccc[nH]c2=S)CC1. The van der Waals surface area contributed by atoms with E-state index in [0.717, 1.165) is 23.7 Å². The van der Waals surface area contributed by atoms with Gasteiger partial charge in [0.05, 0.1) is 5.56 Å². The molecule has 126 valence electrons. The third-order valence-corrected chi connectivity index (χ3v) is 5.24. The summed E-state index contributed by atoms with van der Waals surface area (Å²) in [4.78, 5) is 19.8. The van der Waals surface area contributed by atoms with Gasteiger partial charge < -0.3 is 9.88 Å². The highest BCUT2D eigenvalue weighted by atomic mass is 35.5. The van der Waals surface area contributed by atoms with Crippen LogP contribution in [0.2, 0.25) is 5.02 Å². The van der Waals surface area contributed by atoms with Gasteiger partial charge in [-0.15, -0.1) is 0 Å². The molecule has 1 saturated heterocycles. The predicted molar refractivity (Wildman–Crippen MR) is 99.0 cm³/mol. The molecule has 2 aromatic rings. The van der Waals surface area contributed by atoms with Crippen molar-refractivity contribution in [3.8, 4) is 0 Å². The first-order chi connectivity index (χ1) is 11.6. The number of nitrogens with one attached hydrogen (secondary N) is 1. The number of amides is 1. The van der Waals surface area contributed by atoms with Crippen LogP contribution in [0.4, 0.5) is 0 Å². The van der Waals surface area contributed by atoms with Gasteiger partial charge >= 0.3 is 0 Å². The zero-order valence-electron chi connectivity index (χ0n) is 13.5. The van der Waals surface area contributed by atoms with Crippen molar-refractivity contribution >= 4 is 29.7 Å². The average molecular weight is 362 g/mol. The van der Waals surface area contributed by atoms with Crippen molar-refractivity contribution in [1.82, 2.24) is 14.8 Å². The van der Waals surface area contributed by atoms with Crippen LogP contribution in [-0.4, -0.2) is 46.9 Å². The van der Waals surface area contributed by atoms with Crippen LogP contribution in [0, 0.1) is 4.64 Å². The number of halogens is 1. The molecule has 4 nitrogen and oxygen atoms in total. The lowest BCUT2D eigenvalue weighted by Crippen LogP contribution is -2.49. The van der Waals surface area contributed by atoms with Crippen molar-refractivity contribution in [3.05, 3.63) is 63.4 Å². The Kier molecular flexibility index (Phi) is 5.33. The number of carbonyl (C=O) groups is 1. The van der Waals surface area contributed by atoms with Gasteiger partial charge in [-0.2, -0.15) is 0 Å². The molecule has 1 atom stereocenters. The Morgan fingerprint density at radius 2 is 1.88 bits per heavy atom. The Balaban J connectivity index is 1.66. The number of hydrogen-bond donors (Lipinski definition) is 1. The number of aromatic amines is 1. The van der Waals surface area contributed by atoms with Crippen LogP contribution in [0.1, 0.15) is 28.9 Å². The molecular formula is C18H20ClN3OS. The second-order valence-corrected chi connectivity index (χ2v) is 6.75. The Hall–Kier alpha value is -1.69. The average Bonchev–Trinajstić information content (AvgIpc) is 2.61. The number of nitrogens with zero attached hydrogens (tertiary/aromatic N) is 2. The zero-order valence-corrected chi connectivity index (χ0v) is 15.1. The second-order valence-electron chi connectivity index (χ2n) is 5.94. The number of carbonyl (C=O) groups excluding carboxylic acids is 1. The standard InChI is InChI=1S/C18H20ClN3OS/c1-13(14-5-2-3-7-16(14)19)21-9-11-22(12-10-21)18(23)15-6-4-8-20-17(15)24/h2-8,13H,9-12H2,1H3,(H,20,24)/t13-/m0/s1. The summed E-state index contributed by atoms with van der Waals surface area (Å²) < 4.78 is 0.495. The molecule has 1 fully saturated rings. The molecule has 1 aliphatic rings. The summed E-state index contributed by atoms with van der Waals surface area (Å²) in [5.41, 5.74) is 1.70. The molecule has 6 heteroatoms.